The second kappa shape index (κ2) is 5.72. The third-order valence-electron chi connectivity index (χ3n) is 4.15. The van der Waals surface area contributed by atoms with Crippen LogP contribution in [0.15, 0.2) is 24.3 Å². The van der Waals surface area contributed by atoms with Gasteiger partial charge in [-0.2, -0.15) is 13.2 Å². The fourth-order valence-corrected chi connectivity index (χ4v) is 5.17. The normalized spacial score (nSPS) is 23.0. The molecule has 0 radical (unpaired) electrons. The molecule has 6 nitrogen and oxygen atoms in total. The highest BCUT2D eigenvalue weighted by Crippen LogP contribution is 2.31. The first-order valence-corrected chi connectivity index (χ1v) is 9.35. The van der Waals surface area contributed by atoms with Crippen LogP contribution < -0.4 is 5.32 Å². The van der Waals surface area contributed by atoms with Gasteiger partial charge in [0.05, 0.1) is 28.1 Å². The van der Waals surface area contributed by atoms with Crippen LogP contribution in [-0.4, -0.2) is 40.9 Å². The van der Waals surface area contributed by atoms with E-state index < -0.39 is 39.8 Å². The molecule has 1 aromatic carbocycles. The summed E-state index contributed by atoms with van der Waals surface area (Å²) in [7, 11) is -3.24. The molecule has 2 heterocycles. The van der Waals surface area contributed by atoms with Crippen LogP contribution in [0.4, 0.5) is 13.2 Å². The molecule has 1 aliphatic heterocycles. The third kappa shape index (κ3) is 3.63. The smallest absolute Gasteiger partial charge is 0.348 e. The van der Waals surface area contributed by atoms with E-state index in [9.17, 15) is 26.4 Å². The Morgan fingerprint density at radius 1 is 1.36 bits per heavy atom. The van der Waals surface area contributed by atoms with Gasteiger partial charge in [-0.15, -0.1) is 0 Å². The van der Waals surface area contributed by atoms with Gasteiger partial charge in [0.1, 0.15) is 6.54 Å². The Kier molecular flexibility index (Phi) is 4.05. The molecule has 0 bridgehead atoms. The number of amides is 1. The highest BCUT2D eigenvalue weighted by atomic mass is 32.2. The molecule has 25 heavy (non-hydrogen) atoms. The lowest BCUT2D eigenvalue weighted by Crippen LogP contribution is -2.48. The van der Waals surface area contributed by atoms with E-state index >= 15 is 0 Å². The van der Waals surface area contributed by atoms with Crippen LogP contribution in [0.1, 0.15) is 19.2 Å². The number of hydrogen-bond acceptors (Lipinski definition) is 4. The minimum atomic E-state index is -4.71. The molecule has 0 aliphatic carbocycles. The second-order valence-electron chi connectivity index (χ2n) is 6.46. The summed E-state index contributed by atoms with van der Waals surface area (Å²) in [6.07, 6.45) is -4.47. The predicted molar refractivity (Wildman–Crippen MR) is 84.6 cm³/mol. The minimum Gasteiger partial charge on any atom is -0.348 e. The number of halogens is 3. The molecule has 0 unspecified atom stereocenters. The Bertz CT molecular complexity index is 936. The maximum absolute atomic E-state index is 13.2. The summed E-state index contributed by atoms with van der Waals surface area (Å²) >= 11 is 0. The van der Waals surface area contributed by atoms with Crippen molar-refractivity contribution in [3.05, 3.63) is 30.1 Å². The molecule has 1 saturated heterocycles. The minimum absolute atomic E-state index is 0.0500. The molecule has 2 aromatic rings. The summed E-state index contributed by atoms with van der Waals surface area (Å²) in [5.41, 5.74) is -0.642. The first-order valence-electron chi connectivity index (χ1n) is 7.53. The monoisotopic (exact) mass is 375 g/mol. The highest BCUT2D eigenvalue weighted by Gasteiger charge is 2.41. The van der Waals surface area contributed by atoms with E-state index in [1.165, 1.54) is 12.1 Å². The van der Waals surface area contributed by atoms with Gasteiger partial charge in [-0.25, -0.2) is 13.4 Å². The van der Waals surface area contributed by atoms with E-state index in [-0.39, 0.29) is 29.0 Å². The summed E-state index contributed by atoms with van der Waals surface area (Å²) in [6.45, 7) is 0.983. The van der Waals surface area contributed by atoms with Gasteiger partial charge in [0.15, 0.2) is 9.84 Å². The molecule has 1 amide bonds. The van der Waals surface area contributed by atoms with E-state index in [2.05, 4.69) is 10.3 Å². The molecular weight excluding hydrogens is 359 g/mol. The van der Waals surface area contributed by atoms with Crippen LogP contribution in [0, 0.1) is 0 Å². The Morgan fingerprint density at radius 2 is 2.04 bits per heavy atom. The zero-order chi connectivity index (χ0) is 18.5. The molecule has 1 aliphatic rings. The number of nitrogens with zero attached hydrogens (tertiary/aromatic N) is 2. The Hall–Kier alpha value is -2.10. The van der Waals surface area contributed by atoms with Gasteiger partial charge >= 0.3 is 6.18 Å². The van der Waals surface area contributed by atoms with Gasteiger partial charge in [-0.1, -0.05) is 12.1 Å². The van der Waals surface area contributed by atoms with Gasteiger partial charge in [0.25, 0.3) is 0 Å². The number of fused-ring (bicyclic) bond motifs is 1. The van der Waals surface area contributed by atoms with Crippen molar-refractivity contribution in [1.82, 2.24) is 14.9 Å². The van der Waals surface area contributed by atoms with Crippen molar-refractivity contribution in [1.29, 1.82) is 0 Å². The first-order chi connectivity index (χ1) is 11.5. The topological polar surface area (TPSA) is 81.1 Å². The summed E-state index contributed by atoms with van der Waals surface area (Å²) in [4.78, 5) is 15.9. The van der Waals surface area contributed by atoms with Crippen molar-refractivity contribution < 1.29 is 26.4 Å². The number of para-hydroxylation sites is 2. The van der Waals surface area contributed by atoms with Gasteiger partial charge in [-0.3, -0.25) is 4.79 Å². The first kappa shape index (κ1) is 17.7. The van der Waals surface area contributed by atoms with Crippen LogP contribution in [0.5, 0.6) is 0 Å². The number of sulfone groups is 1. The van der Waals surface area contributed by atoms with Crippen molar-refractivity contribution in [3.63, 3.8) is 0 Å². The van der Waals surface area contributed by atoms with Crippen LogP contribution in [0.25, 0.3) is 11.0 Å². The van der Waals surface area contributed by atoms with Crippen LogP contribution in [-0.2, 0) is 27.4 Å². The lowest BCUT2D eigenvalue weighted by molar-refractivity contribution is -0.147. The second-order valence-corrected chi connectivity index (χ2v) is 8.64. The highest BCUT2D eigenvalue weighted by molar-refractivity contribution is 7.91. The van der Waals surface area contributed by atoms with Crippen molar-refractivity contribution in [2.75, 3.05) is 11.5 Å². The maximum Gasteiger partial charge on any atom is 0.449 e. The number of alkyl halides is 3. The number of imidazole rings is 1. The standard InChI is InChI=1S/C15H16F3N3O3S/c1-14(6-7-25(23,24)9-14)20-12(22)8-21-11-5-3-2-4-10(11)19-13(21)15(16,17)18/h2-5H,6-9H2,1H3,(H,20,22)/t14-/m1/s1. The summed E-state index contributed by atoms with van der Waals surface area (Å²) < 4.78 is 63.7. The molecular formula is C15H16F3N3O3S. The summed E-state index contributed by atoms with van der Waals surface area (Å²) in [5.74, 6) is -2.12. The zero-order valence-corrected chi connectivity index (χ0v) is 14.1. The Morgan fingerprint density at radius 3 is 2.64 bits per heavy atom. The fourth-order valence-electron chi connectivity index (χ4n) is 3.08. The van der Waals surface area contributed by atoms with Gasteiger partial charge in [-0.05, 0) is 25.5 Å². The molecule has 0 spiro atoms. The quantitative estimate of drug-likeness (QED) is 0.886. The third-order valence-corrected chi connectivity index (χ3v) is 6.06. The summed E-state index contributed by atoms with van der Waals surface area (Å²) in [5, 5.41) is 2.56. The molecule has 1 atom stereocenters. The number of hydrogen-bond donors (Lipinski definition) is 1. The SMILES string of the molecule is C[C@@]1(NC(=O)Cn2c(C(F)(F)F)nc3ccccc32)CCS(=O)(=O)C1. The van der Waals surface area contributed by atoms with Crippen LogP contribution in [0.3, 0.4) is 0 Å². The molecule has 10 heteroatoms. The number of rotatable bonds is 3. The Balaban J connectivity index is 1.89. The molecule has 1 aromatic heterocycles. The molecule has 1 fully saturated rings. The van der Waals surface area contributed by atoms with Crippen molar-refractivity contribution >= 4 is 26.8 Å². The van der Waals surface area contributed by atoms with E-state index in [4.69, 9.17) is 0 Å². The average molecular weight is 375 g/mol. The van der Waals surface area contributed by atoms with Crippen LogP contribution in [0.2, 0.25) is 0 Å². The van der Waals surface area contributed by atoms with E-state index in [0.717, 1.165) is 4.57 Å². The predicted octanol–water partition coefficient (Wildman–Crippen LogP) is 1.75. The lowest BCUT2D eigenvalue weighted by Gasteiger charge is -2.24. The van der Waals surface area contributed by atoms with Gasteiger partial charge < -0.3 is 9.88 Å². The van der Waals surface area contributed by atoms with Crippen molar-refractivity contribution in [2.45, 2.75) is 31.6 Å². The average Bonchev–Trinajstić information content (AvgIpc) is 2.96. The van der Waals surface area contributed by atoms with Crippen LogP contribution >= 0.6 is 0 Å². The maximum atomic E-state index is 13.2. The summed E-state index contributed by atoms with van der Waals surface area (Å²) in [6, 6.07) is 6.00. The number of carbonyl (C=O) groups is 1. The zero-order valence-electron chi connectivity index (χ0n) is 13.3. The van der Waals surface area contributed by atoms with E-state index in [0.29, 0.717) is 0 Å². The Labute approximate surface area is 141 Å². The number of carbonyl (C=O) groups excluding carboxylic acids is 1. The van der Waals surface area contributed by atoms with E-state index in [1.54, 1.807) is 19.1 Å². The van der Waals surface area contributed by atoms with E-state index in [1.807, 2.05) is 0 Å². The molecule has 136 valence electrons. The molecule has 3 rings (SSSR count). The number of aromatic nitrogens is 2. The largest absolute Gasteiger partial charge is 0.449 e. The van der Waals surface area contributed by atoms with Crippen molar-refractivity contribution in [3.8, 4) is 0 Å². The number of benzene rings is 1. The molecule has 0 saturated carbocycles. The molecule has 1 N–H and O–H groups in total. The van der Waals surface area contributed by atoms with Gasteiger partial charge in [0.2, 0.25) is 11.7 Å². The fraction of sp³-hybridized carbons (Fsp3) is 0.467. The number of nitrogens with one attached hydrogen (secondary N) is 1. The van der Waals surface area contributed by atoms with Gasteiger partial charge in [0, 0.05) is 0 Å². The lowest BCUT2D eigenvalue weighted by atomic mass is 10.0. The van der Waals surface area contributed by atoms with Crippen molar-refractivity contribution in [2.24, 2.45) is 0 Å².